The topological polar surface area (TPSA) is 79.5 Å². The Hall–Kier alpha value is -2.32. The molecule has 1 aromatic heterocycles. The lowest BCUT2D eigenvalue weighted by Gasteiger charge is -2.23. The first-order valence-corrected chi connectivity index (χ1v) is 8.38. The van der Waals surface area contributed by atoms with Gasteiger partial charge in [-0.2, -0.15) is 0 Å². The highest BCUT2D eigenvalue weighted by molar-refractivity contribution is 7.09. The number of hydrogen-bond donors (Lipinski definition) is 1. The molecule has 1 unspecified atom stereocenters. The fraction of sp³-hybridized carbons (Fsp3) is 0.312. The van der Waals surface area contributed by atoms with E-state index in [2.05, 4.69) is 4.98 Å². The summed E-state index contributed by atoms with van der Waals surface area (Å²) in [5.41, 5.74) is 6.03. The molecule has 1 atom stereocenters. The van der Waals surface area contributed by atoms with Crippen LogP contribution in [0.15, 0.2) is 29.6 Å². The Morgan fingerprint density at radius 3 is 2.92 bits per heavy atom. The average molecular weight is 348 g/mol. The average Bonchev–Trinajstić information content (AvgIpc) is 3.21. The van der Waals surface area contributed by atoms with E-state index in [9.17, 15) is 14.0 Å². The van der Waals surface area contributed by atoms with Crippen molar-refractivity contribution in [3.05, 3.63) is 46.2 Å². The van der Waals surface area contributed by atoms with Crippen molar-refractivity contribution in [1.82, 2.24) is 9.88 Å². The van der Waals surface area contributed by atoms with Crippen molar-refractivity contribution < 1.29 is 14.0 Å². The molecule has 0 radical (unpaired) electrons. The lowest BCUT2D eigenvalue weighted by Crippen LogP contribution is -2.43. The minimum atomic E-state index is -0.625. The molecule has 2 aromatic rings. The summed E-state index contributed by atoms with van der Waals surface area (Å²) in [6.45, 7) is 0.637. The standard InChI is InChI=1S/C16H17FN4O2S/c1-20(15(22)11-9-24-14(8-18)19-11)13-6-7-21(16(13)23)12-5-3-2-4-10(12)17/h2-5,9,13H,6-8,18H2,1H3. The minimum absolute atomic E-state index is 0.241. The van der Waals surface area contributed by atoms with E-state index in [-0.39, 0.29) is 29.7 Å². The van der Waals surface area contributed by atoms with Crippen LogP contribution in [-0.4, -0.2) is 41.3 Å². The van der Waals surface area contributed by atoms with Gasteiger partial charge in [0.05, 0.1) is 5.69 Å². The van der Waals surface area contributed by atoms with Gasteiger partial charge in [-0.3, -0.25) is 9.59 Å². The molecule has 6 nitrogen and oxygen atoms in total. The number of aromatic nitrogens is 1. The first-order chi connectivity index (χ1) is 11.5. The van der Waals surface area contributed by atoms with Gasteiger partial charge in [0.15, 0.2) is 0 Å². The maximum absolute atomic E-state index is 13.9. The van der Waals surface area contributed by atoms with Gasteiger partial charge < -0.3 is 15.5 Å². The van der Waals surface area contributed by atoms with Crippen LogP contribution in [0.25, 0.3) is 0 Å². The number of carbonyl (C=O) groups is 2. The number of likely N-dealkylation sites (N-methyl/N-ethyl adjacent to an activating group) is 1. The number of benzene rings is 1. The van der Waals surface area contributed by atoms with E-state index < -0.39 is 11.9 Å². The Bertz CT molecular complexity index is 779. The van der Waals surface area contributed by atoms with E-state index in [1.165, 1.54) is 27.2 Å². The third kappa shape index (κ3) is 2.90. The second-order valence-electron chi connectivity index (χ2n) is 5.49. The van der Waals surface area contributed by atoms with Gasteiger partial charge >= 0.3 is 0 Å². The Kier molecular flexibility index (Phi) is 4.59. The highest BCUT2D eigenvalue weighted by Gasteiger charge is 2.38. The second-order valence-corrected chi connectivity index (χ2v) is 6.44. The van der Waals surface area contributed by atoms with Crippen molar-refractivity contribution in [3.8, 4) is 0 Å². The quantitative estimate of drug-likeness (QED) is 0.910. The number of nitrogens with zero attached hydrogens (tertiary/aromatic N) is 3. The van der Waals surface area contributed by atoms with E-state index in [0.29, 0.717) is 18.0 Å². The molecule has 1 aromatic carbocycles. The smallest absolute Gasteiger partial charge is 0.273 e. The van der Waals surface area contributed by atoms with Crippen molar-refractivity contribution in [2.75, 3.05) is 18.5 Å². The molecule has 2 heterocycles. The summed E-state index contributed by atoms with van der Waals surface area (Å²) in [5.74, 6) is -1.07. The van der Waals surface area contributed by atoms with Gasteiger partial charge in [-0.1, -0.05) is 12.1 Å². The lowest BCUT2D eigenvalue weighted by molar-refractivity contribution is -0.120. The number of halogens is 1. The van der Waals surface area contributed by atoms with Crippen molar-refractivity contribution in [3.63, 3.8) is 0 Å². The van der Waals surface area contributed by atoms with E-state index >= 15 is 0 Å². The summed E-state index contributed by atoms with van der Waals surface area (Å²) < 4.78 is 13.9. The van der Waals surface area contributed by atoms with Gasteiger partial charge in [-0.05, 0) is 18.6 Å². The molecule has 126 valence electrons. The molecule has 0 aliphatic carbocycles. The van der Waals surface area contributed by atoms with Crippen LogP contribution in [0.5, 0.6) is 0 Å². The van der Waals surface area contributed by atoms with E-state index in [0.717, 1.165) is 0 Å². The zero-order valence-corrected chi connectivity index (χ0v) is 13.9. The highest BCUT2D eigenvalue weighted by Crippen LogP contribution is 2.27. The second kappa shape index (κ2) is 6.66. The molecule has 2 amide bonds. The Labute approximate surface area is 142 Å². The van der Waals surface area contributed by atoms with Gasteiger partial charge in [-0.15, -0.1) is 11.3 Å². The Morgan fingerprint density at radius 2 is 2.25 bits per heavy atom. The zero-order chi connectivity index (χ0) is 17.3. The first-order valence-electron chi connectivity index (χ1n) is 7.50. The summed E-state index contributed by atoms with van der Waals surface area (Å²) in [6.07, 6.45) is 0.448. The van der Waals surface area contributed by atoms with Crippen LogP contribution >= 0.6 is 11.3 Å². The van der Waals surface area contributed by atoms with Gasteiger partial charge in [0, 0.05) is 25.5 Å². The molecular weight excluding hydrogens is 331 g/mol. The number of nitrogens with two attached hydrogens (primary N) is 1. The summed E-state index contributed by atoms with van der Waals surface area (Å²) in [7, 11) is 1.57. The molecule has 0 bridgehead atoms. The van der Waals surface area contributed by atoms with Crippen LogP contribution in [0.4, 0.5) is 10.1 Å². The van der Waals surface area contributed by atoms with Crippen LogP contribution in [-0.2, 0) is 11.3 Å². The van der Waals surface area contributed by atoms with Crippen molar-refractivity contribution in [2.24, 2.45) is 5.73 Å². The van der Waals surface area contributed by atoms with Crippen LogP contribution in [0.1, 0.15) is 21.9 Å². The predicted octanol–water partition coefficient (Wildman–Crippen LogP) is 1.62. The summed E-state index contributed by atoms with van der Waals surface area (Å²) in [4.78, 5) is 32.0. The van der Waals surface area contributed by atoms with Gasteiger partial charge in [0.25, 0.3) is 5.91 Å². The fourth-order valence-electron chi connectivity index (χ4n) is 2.76. The van der Waals surface area contributed by atoms with Crippen LogP contribution < -0.4 is 10.6 Å². The predicted molar refractivity (Wildman–Crippen MR) is 89.3 cm³/mol. The summed E-state index contributed by atoms with van der Waals surface area (Å²) in [6, 6.07) is 5.50. The van der Waals surface area contributed by atoms with Crippen molar-refractivity contribution in [2.45, 2.75) is 19.0 Å². The minimum Gasteiger partial charge on any atom is -0.328 e. The van der Waals surface area contributed by atoms with Gasteiger partial charge in [-0.25, -0.2) is 9.37 Å². The molecule has 8 heteroatoms. The number of anilines is 1. The van der Waals surface area contributed by atoms with E-state index in [4.69, 9.17) is 5.73 Å². The maximum atomic E-state index is 13.9. The van der Waals surface area contributed by atoms with Crippen molar-refractivity contribution in [1.29, 1.82) is 0 Å². The molecule has 0 saturated carbocycles. The number of amides is 2. The largest absolute Gasteiger partial charge is 0.328 e. The molecule has 1 aliphatic heterocycles. The summed E-state index contributed by atoms with van der Waals surface area (Å²) >= 11 is 1.31. The number of thiazole rings is 1. The van der Waals surface area contributed by atoms with Crippen LogP contribution in [0.2, 0.25) is 0 Å². The third-order valence-corrected chi connectivity index (χ3v) is 4.92. The van der Waals surface area contributed by atoms with Crippen LogP contribution in [0.3, 0.4) is 0 Å². The fourth-order valence-corrected chi connectivity index (χ4v) is 3.41. The summed E-state index contributed by atoms with van der Waals surface area (Å²) in [5, 5.41) is 2.30. The molecule has 1 saturated heterocycles. The molecule has 0 spiro atoms. The zero-order valence-electron chi connectivity index (χ0n) is 13.1. The van der Waals surface area contributed by atoms with Gasteiger partial charge in [0.2, 0.25) is 5.91 Å². The number of para-hydroxylation sites is 1. The van der Waals surface area contributed by atoms with Crippen molar-refractivity contribution >= 4 is 28.8 Å². The van der Waals surface area contributed by atoms with E-state index in [1.54, 1.807) is 30.6 Å². The SMILES string of the molecule is CN(C(=O)c1csc(CN)n1)C1CCN(c2ccccc2F)C1=O. The van der Waals surface area contributed by atoms with E-state index in [1.807, 2.05) is 0 Å². The Morgan fingerprint density at radius 1 is 1.50 bits per heavy atom. The molecular formula is C16H17FN4O2S. The molecule has 1 fully saturated rings. The molecule has 1 aliphatic rings. The first kappa shape index (κ1) is 16.5. The number of carbonyl (C=O) groups excluding carboxylic acids is 2. The molecule has 24 heavy (non-hydrogen) atoms. The van der Waals surface area contributed by atoms with Crippen LogP contribution in [0, 0.1) is 5.82 Å². The Balaban J connectivity index is 1.77. The number of rotatable bonds is 4. The highest BCUT2D eigenvalue weighted by atomic mass is 32.1. The molecule has 3 rings (SSSR count). The number of hydrogen-bond acceptors (Lipinski definition) is 5. The normalized spacial score (nSPS) is 17.4. The monoisotopic (exact) mass is 348 g/mol. The van der Waals surface area contributed by atoms with Gasteiger partial charge in [0.1, 0.15) is 22.6 Å². The lowest BCUT2D eigenvalue weighted by atomic mass is 10.2. The maximum Gasteiger partial charge on any atom is 0.273 e. The molecule has 2 N–H and O–H groups in total. The third-order valence-electron chi connectivity index (χ3n) is 4.05.